The number of aromatic nitrogens is 2. The highest BCUT2D eigenvalue weighted by Gasteiger charge is 2.09. The van der Waals surface area contributed by atoms with Crippen molar-refractivity contribution in [3.05, 3.63) is 17.7 Å². The molecule has 1 heterocycles. The lowest BCUT2D eigenvalue weighted by Gasteiger charge is -2.07. The van der Waals surface area contributed by atoms with Gasteiger partial charge in [0, 0.05) is 12.7 Å². The minimum absolute atomic E-state index is 0.581. The standard InChI is InChI=1S/C9H16N2/c1-5-8-9(7(2)3)11(4)6-10-8/h6-7H,5H2,1-4H3. The molecule has 1 rings (SSSR count). The maximum atomic E-state index is 4.32. The summed E-state index contributed by atoms with van der Waals surface area (Å²) in [7, 11) is 2.06. The summed E-state index contributed by atoms with van der Waals surface area (Å²) in [4.78, 5) is 4.32. The predicted molar refractivity (Wildman–Crippen MR) is 46.7 cm³/mol. The minimum atomic E-state index is 0.581. The van der Waals surface area contributed by atoms with Crippen molar-refractivity contribution >= 4 is 0 Å². The molecule has 0 aromatic carbocycles. The quantitative estimate of drug-likeness (QED) is 0.634. The van der Waals surface area contributed by atoms with Gasteiger partial charge in [0.15, 0.2) is 0 Å². The molecule has 0 aliphatic heterocycles. The Morgan fingerprint density at radius 3 is 2.55 bits per heavy atom. The van der Waals surface area contributed by atoms with Gasteiger partial charge in [-0.05, 0) is 12.3 Å². The van der Waals surface area contributed by atoms with E-state index in [1.807, 2.05) is 6.33 Å². The van der Waals surface area contributed by atoms with Crippen molar-refractivity contribution < 1.29 is 0 Å². The van der Waals surface area contributed by atoms with Crippen LogP contribution >= 0.6 is 0 Å². The van der Waals surface area contributed by atoms with E-state index in [0.29, 0.717) is 5.92 Å². The van der Waals surface area contributed by atoms with Gasteiger partial charge in [-0.15, -0.1) is 0 Å². The Hall–Kier alpha value is -0.790. The maximum absolute atomic E-state index is 4.32. The second kappa shape index (κ2) is 3.07. The zero-order chi connectivity index (χ0) is 8.43. The molecule has 1 aromatic heterocycles. The molecule has 2 nitrogen and oxygen atoms in total. The fourth-order valence-electron chi connectivity index (χ4n) is 1.50. The van der Waals surface area contributed by atoms with Crippen LogP contribution in [0.1, 0.15) is 38.1 Å². The average molecular weight is 152 g/mol. The number of nitrogens with zero attached hydrogens (tertiary/aromatic N) is 2. The lowest BCUT2D eigenvalue weighted by atomic mass is 10.1. The summed E-state index contributed by atoms with van der Waals surface area (Å²) >= 11 is 0. The summed E-state index contributed by atoms with van der Waals surface area (Å²) in [6.07, 6.45) is 2.93. The highest BCUT2D eigenvalue weighted by Crippen LogP contribution is 2.17. The third kappa shape index (κ3) is 1.44. The van der Waals surface area contributed by atoms with E-state index in [-0.39, 0.29) is 0 Å². The number of hydrogen-bond donors (Lipinski definition) is 0. The first kappa shape index (κ1) is 8.31. The largest absolute Gasteiger partial charge is 0.337 e. The van der Waals surface area contributed by atoms with Crippen molar-refractivity contribution in [2.24, 2.45) is 7.05 Å². The number of rotatable bonds is 2. The van der Waals surface area contributed by atoms with E-state index in [0.717, 1.165) is 6.42 Å². The minimum Gasteiger partial charge on any atom is -0.337 e. The van der Waals surface area contributed by atoms with Crippen LogP contribution in [0.5, 0.6) is 0 Å². The van der Waals surface area contributed by atoms with Crippen LogP contribution in [-0.4, -0.2) is 9.55 Å². The number of hydrogen-bond acceptors (Lipinski definition) is 1. The van der Waals surface area contributed by atoms with Crippen LogP contribution < -0.4 is 0 Å². The van der Waals surface area contributed by atoms with Crippen LogP contribution in [0.3, 0.4) is 0 Å². The van der Waals surface area contributed by atoms with Crippen LogP contribution in [-0.2, 0) is 13.5 Å². The maximum Gasteiger partial charge on any atom is 0.0949 e. The Bertz CT molecular complexity index is 236. The second-order valence-corrected chi connectivity index (χ2v) is 3.20. The summed E-state index contributed by atoms with van der Waals surface area (Å²) in [5, 5.41) is 0. The Morgan fingerprint density at radius 2 is 2.18 bits per heavy atom. The first-order valence-corrected chi connectivity index (χ1v) is 4.16. The first-order valence-electron chi connectivity index (χ1n) is 4.16. The molecule has 0 amide bonds. The second-order valence-electron chi connectivity index (χ2n) is 3.20. The van der Waals surface area contributed by atoms with Crippen LogP contribution in [0.15, 0.2) is 6.33 Å². The van der Waals surface area contributed by atoms with Crippen molar-refractivity contribution in [1.29, 1.82) is 0 Å². The van der Waals surface area contributed by atoms with E-state index in [1.165, 1.54) is 11.4 Å². The molecule has 1 aromatic rings. The van der Waals surface area contributed by atoms with Crippen molar-refractivity contribution in [2.75, 3.05) is 0 Å². The molecule has 0 radical (unpaired) electrons. The van der Waals surface area contributed by atoms with E-state index < -0.39 is 0 Å². The van der Waals surface area contributed by atoms with Crippen molar-refractivity contribution in [3.8, 4) is 0 Å². The third-order valence-electron chi connectivity index (χ3n) is 1.94. The van der Waals surface area contributed by atoms with Crippen LogP contribution in [0.4, 0.5) is 0 Å². The molecule has 0 saturated heterocycles. The first-order chi connectivity index (χ1) is 5.16. The summed E-state index contributed by atoms with van der Waals surface area (Å²) in [6.45, 7) is 6.56. The monoisotopic (exact) mass is 152 g/mol. The molecule has 0 bridgehead atoms. The molecular formula is C9H16N2. The molecule has 0 spiro atoms. The van der Waals surface area contributed by atoms with Gasteiger partial charge in [0.1, 0.15) is 0 Å². The predicted octanol–water partition coefficient (Wildman–Crippen LogP) is 2.11. The van der Waals surface area contributed by atoms with Crippen molar-refractivity contribution in [2.45, 2.75) is 33.1 Å². The van der Waals surface area contributed by atoms with Gasteiger partial charge in [-0.25, -0.2) is 4.98 Å². The molecule has 0 aliphatic rings. The Kier molecular flexibility index (Phi) is 2.32. The molecule has 0 N–H and O–H groups in total. The van der Waals surface area contributed by atoms with E-state index in [2.05, 4.69) is 37.4 Å². The molecule has 62 valence electrons. The molecule has 0 unspecified atom stereocenters. The van der Waals surface area contributed by atoms with Gasteiger partial charge in [0.2, 0.25) is 0 Å². The molecule has 11 heavy (non-hydrogen) atoms. The number of imidazole rings is 1. The molecule has 0 atom stereocenters. The van der Waals surface area contributed by atoms with Crippen LogP contribution in [0.25, 0.3) is 0 Å². The lowest BCUT2D eigenvalue weighted by molar-refractivity contribution is 0.729. The SMILES string of the molecule is CCc1ncn(C)c1C(C)C. The summed E-state index contributed by atoms with van der Waals surface area (Å²) in [6, 6.07) is 0. The fraction of sp³-hybridized carbons (Fsp3) is 0.667. The van der Waals surface area contributed by atoms with Crippen molar-refractivity contribution in [3.63, 3.8) is 0 Å². The van der Waals surface area contributed by atoms with Gasteiger partial charge in [0.25, 0.3) is 0 Å². The average Bonchev–Trinajstić information content (AvgIpc) is 2.30. The van der Waals surface area contributed by atoms with Gasteiger partial charge >= 0.3 is 0 Å². The van der Waals surface area contributed by atoms with Gasteiger partial charge in [-0.1, -0.05) is 20.8 Å². The van der Waals surface area contributed by atoms with E-state index in [9.17, 15) is 0 Å². The smallest absolute Gasteiger partial charge is 0.0949 e. The Balaban J connectivity index is 3.07. The topological polar surface area (TPSA) is 17.8 Å². The molecule has 0 saturated carbocycles. The van der Waals surface area contributed by atoms with Gasteiger partial charge in [-0.2, -0.15) is 0 Å². The van der Waals surface area contributed by atoms with Crippen LogP contribution in [0.2, 0.25) is 0 Å². The highest BCUT2D eigenvalue weighted by molar-refractivity contribution is 5.16. The van der Waals surface area contributed by atoms with Gasteiger partial charge < -0.3 is 4.57 Å². The highest BCUT2D eigenvalue weighted by atomic mass is 15.0. The van der Waals surface area contributed by atoms with E-state index in [4.69, 9.17) is 0 Å². The Morgan fingerprint density at radius 1 is 1.55 bits per heavy atom. The summed E-state index contributed by atoms with van der Waals surface area (Å²) in [5.74, 6) is 0.581. The zero-order valence-corrected chi connectivity index (χ0v) is 7.76. The number of aryl methyl sites for hydroxylation is 2. The Labute approximate surface area is 68.3 Å². The lowest BCUT2D eigenvalue weighted by Crippen LogP contribution is -2.00. The van der Waals surface area contributed by atoms with Crippen molar-refractivity contribution in [1.82, 2.24) is 9.55 Å². The normalized spacial score (nSPS) is 11.0. The molecule has 0 aliphatic carbocycles. The van der Waals surface area contributed by atoms with Gasteiger partial charge in [-0.3, -0.25) is 0 Å². The van der Waals surface area contributed by atoms with Gasteiger partial charge in [0.05, 0.1) is 12.0 Å². The molecule has 2 heteroatoms. The zero-order valence-electron chi connectivity index (χ0n) is 7.76. The molecule has 0 fully saturated rings. The van der Waals surface area contributed by atoms with Crippen LogP contribution in [0, 0.1) is 0 Å². The van der Waals surface area contributed by atoms with E-state index in [1.54, 1.807) is 0 Å². The van der Waals surface area contributed by atoms with E-state index >= 15 is 0 Å². The summed E-state index contributed by atoms with van der Waals surface area (Å²) in [5.41, 5.74) is 2.61. The summed E-state index contributed by atoms with van der Waals surface area (Å²) < 4.78 is 2.11. The fourth-order valence-corrected chi connectivity index (χ4v) is 1.50. The third-order valence-corrected chi connectivity index (χ3v) is 1.94. The molecular weight excluding hydrogens is 136 g/mol.